The molecule has 3 aromatic rings. The Bertz CT molecular complexity index is 1270. The molecule has 3 amide bonds. The lowest BCUT2D eigenvalue weighted by molar-refractivity contribution is -0.142. The highest BCUT2D eigenvalue weighted by Crippen LogP contribution is 2.47. The summed E-state index contributed by atoms with van der Waals surface area (Å²) in [6.45, 7) is 0.0646. The zero-order valence-corrected chi connectivity index (χ0v) is 19.9. The van der Waals surface area contributed by atoms with Crippen molar-refractivity contribution in [2.24, 2.45) is 0 Å². The first-order valence-corrected chi connectivity index (χ1v) is 12.1. The number of ether oxygens (including phenoxy) is 2. The Morgan fingerprint density at radius 1 is 1.08 bits per heavy atom. The minimum Gasteiger partial charge on any atom is -0.487 e. The van der Waals surface area contributed by atoms with Crippen LogP contribution in [0.1, 0.15) is 30.0 Å². The second kappa shape index (κ2) is 10.9. The van der Waals surface area contributed by atoms with Gasteiger partial charge in [-0.1, -0.05) is 18.2 Å². The van der Waals surface area contributed by atoms with E-state index in [0.29, 0.717) is 24.4 Å². The summed E-state index contributed by atoms with van der Waals surface area (Å²) in [7, 11) is 0. The molecule has 2 aliphatic rings. The van der Waals surface area contributed by atoms with Crippen molar-refractivity contribution in [2.75, 3.05) is 17.2 Å². The van der Waals surface area contributed by atoms with Crippen LogP contribution in [0.5, 0.6) is 5.75 Å². The molecule has 4 N–H and O–H groups in total. The lowest BCUT2D eigenvalue weighted by atomic mass is 9.84. The van der Waals surface area contributed by atoms with Crippen LogP contribution in [0.25, 0.3) is 0 Å². The Labute approximate surface area is 213 Å². The molecule has 10 heteroatoms. The van der Waals surface area contributed by atoms with Crippen LogP contribution in [0.15, 0.2) is 66.9 Å². The summed E-state index contributed by atoms with van der Waals surface area (Å²) < 4.78 is 25.9. The second-order valence-electron chi connectivity index (χ2n) is 9.02. The van der Waals surface area contributed by atoms with Gasteiger partial charge in [0.2, 0.25) is 5.91 Å². The quantitative estimate of drug-likeness (QED) is 0.389. The first kappa shape index (κ1) is 24.7. The average molecular weight is 507 g/mol. The topological polar surface area (TPSA) is 122 Å². The molecule has 1 aromatic heterocycles. The molecule has 5 rings (SSSR count). The molecule has 0 radical (unpaired) electrons. The van der Waals surface area contributed by atoms with Crippen LogP contribution < -0.4 is 20.7 Å². The molecule has 0 unspecified atom stereocenters. The molecule has 0 spiro atoms. The summed E-state index contributed by atoms with van der Waals surface area (Å²) in [6, 6.07) is 16.1. The van der Waals surface area contributed by atoms with E-state index in [2.05, 4.69) is 20.9 Å². The Balaban J connectivity index is 1.24. The van der Waals surface area contributed by atoms with E-state index >= 15 is 0 Å². The normalized spacial score (nSPS) is 21.8. The number of carbonyl (C=O) groups is 2. The molecule has 1 saturated heterocycles. The number of rotatable bonds is 7. The van der Waals surface area contributed by atoms with Crippen LogP contribution in [-0.4, -0.2) is 46.9 Å². The number of pyridine rings is 1. The van der Waals surface area contributed by atoms with Crippen molar-refractivity contribution in [3.8, 4) is 5.75 Å². The van der Waals surface area contributed by atoms with E-state index < -0.39 is 30.2 Å². The number of nitrogens with zero attached hydrogens (tertiary/aromatic N) is 1. The number of amides is 3. The van der Waals surface area contributed by atoms with Gasteiger partial charge in [-0.15, -0.1) is 0 Å². The number of benzene rings is 2. The number of hydrogen-bond donors (Lipinski definition) is 4. The molecule has 37 heavy (non-hydrogen) atoms. The third kappa shape index (κ3) is 5.71. The van der Waals surface area contributed by atoms with Crippen molar-refractivity contribution < 1.29 is 28.6 Å². The van der Waals surface area contributed by atoms with Crippen molar-refractivity contribution in [2.45, 2.75) is 43.6 Å². The van der Waals surface area contributed by atoms with Crippen molar-refractivity contribution >= 4 is 23.3 Å². The van der Waals surface area contributed by atoms with Gasteiger partial charge in [0.15, 0.2) is 0 Å². The van der Waals surface area contributed by atoms with E-state index in [9.17, 15) is 19.1 Å². The summed E-state index contributed by atoms with van der Waals surface area (Å²) in [6.07, 6.45) is 0.886. The fraction of sp³-hybridized carbons (Fsp3) is 0.296. The fourth-order valence-electron chi connectivity index (χ4n) is 4.78. The van der Waals surface area contributed by atoms with Crippen LogP contribution in [0, 0.1) is 5.82 Å². The van der Waals surface area contributed by atoms with Gasteiger partial charge in [0.25, 0.3) is 0 Å². The molecule has 3 heterocycles. The number of hydrogen-bond acceptors (Lipinski definition) is 6. The van der Waals surface area contributed by atoms with Gasteiger partial charge in [0.1, 0.15) is 23.8 Å². The number of halogens is 1. The number of fused-ring (bicyclic) bond motifs is 3. The first-order chi connectivity index (χ1) is 18.0. The zero-order valence-electron chi connectivity index (χ0n) is 19.9. The number of aromatic nitrogens is 1. The van der Waals surface area contributed by atoms with Crippen LogP contribution >= 0.6 is 0 Å². The number of urea groups is 1. The fourth-order valence-corrected chi connectivity index (χ4v) is 4.78. The molecule has 0 saturated carbocycles. The highest BCUT2D eigenvalue weighted by Gasteiger charge is 2.46. The van der Waals surface area contributed by atoms with Crippen molar-refractivity contribution in [3.63, 3.8) is 0 Å². The predicted molar refractivity (Wildman–Crippen MR) is 134 cm³/mol. The van der Waals surface area contributed by atoms with E-state index in [1.54, 1.807) is 36.5 Å². The maximum Gasteiger partial charge on any atom is 0.323 e. The standard InChI is InChI=1S/C27H27FN4O5/c28-21-6-1-2-7-22(21)32-27(35)31-16-8-9-23-19(11-16)20-12-18(36-24(15-33)26(20)37-23)13-25(34)30-14-17-5-3-4-10-29-17/h1-11,18,20,24,26,33H,12-15H2,(H,30,34)(H2,31,32,35)/t18-,20-,24+,26+/m0/s1. The maximum absolute atomic E-state index is 13.9. The number of nitrogens with one attached hydrogen (secondary N) is 3. The Kier molecular flexibility index (Phi) is 7.29. The molecule has 2 aromatic carbocycles. The zero-order chi connectivity index (χ0) is 25.8. The Morgan fingerprint density at radius 3 is 2.70 bits per heavy atom. The van der Waals surface area contributed by atoms with E-state index in [0.717, 1.165) is 11.3 Å². The lowest BCUT2D eigenvalue weighted by Gasteiger charge is -2.37. The van der Waals surface area contributed by atoms with E-state index in [1.807, 2.05) is 18.2 Å². The van der Waals surface area contributed by atoms with Crippen molar-refractivity contribution in [1.82, 2.24) is 10.3 Å². The Morgan fingerprint density at radius 2 is 1.92 bits per heavy atom. The van der Waals surface area contributed by atoms with E-state index in [4.69, 9.17) is 9.47 Å². The molecular formula is C27H27FN4O5. The summed E-state index contributed by atoms with van der Waals surface area (Å²) in [5.41, 5.74) is 2.19. The smallest absolute Gasteiger partial charge is 0.323 e. The van der Waals surface area contributed by atoms with Gasteiger partial charge < -0.3 is 30.5 Å². The summed E-state index contributed by atoms with van der Waals surface area (Å²) in [5.74, 6) is -0.205. The second-order valence-corrected chi connectivity index (χ2v) is 9.02. The largest absolute Gasteiger partial charge is 0.487 e. The van der Waals surface area contributed by atoms with Crippen molar-refractivity contribution in [1.29, 1.82) is 0 Å². The highest BCUT2D eigenvalue weighted by atomic mass is 19.1. The van der Waals surface area contributed by atoms with Crippen LogP contribution in [0.3, 0.4) is 0 Å². The molecule has 0 bridgehead atoms. The SMILES string of the molecule is O=C(C[C@@H]1C[C@H]2c3cc(NC(=O)Nc4ccccc4F)ccc3O[C@H]2[C@@H](CO)O1)NCc1ccccn1. The van der Waals surface area contributed by atoms with Crippen LogP contribution in [-0.2, 0) is 16.1 Å². The lowest BCUT2D eigenvalue weighted by Crippen LogP contribution is -2.47. The maximum atomic E-state index is 13.9. The molecule has 1 fully saturated rings. The van der Waals surface area contributed by atoms with E-state index in [-0.39, 0.29) is 30.5 Å². The van der Waals surface area contributed by atoms with Gasteiger partial charge in [-0.05, 0) is 48.9 Å². The first-order valence-electron chi connectivity index (χ1n) is 12.1. The molecule has 2 aliphatic heterocycles. The predicted octanol–water partition coefficient (Wildman–Crippen LogP) is 3.57. The van der Waals surface area contributed by atoms with Gasteiger partial charge in [0, 0.05) is 23.4 Å². The highest BCUT2D eigenvalue weighted by molar-refractivity contribution is 5.99. The molecular weight excluding hydrogens is 479 g/mol. The van der Waals surface area contributed by atoms with Gasteiger partial charge in [-0.25, -0.2) is 9.18 Å². The summed E-state index contributed by atoms with van der Waals surface area (Å²) in [5, 5.41) is 18.0. The van der Waals surface area contributed by atoms with Gasteiger partial charge in [-0.2, -0.15) is 0 Å². The molecule has 4 atom stereocenters. The molecule has 192 valence electrons. The minimum atomic E-state index is -0.597. The summed E-state index contributed by atoms with van der Waals surface area (Å²) >= 11 is 0. The average Bonchev–Trinajstić information content (AvgIpc) is 3.27. The van der Waals surface area contributed by atoms with Crippen molar-refractivity contribution in [3.05, 3.63) is 83.9 Å². The van der Waals surface area contributed by atoms with Gasteiger partial charge in [-0.3, -0.25) is 9.78 Å². The summed E-state index contributed by atoms with van der Waals surface area (Å²) in [4.78, 5) is 29.2. The van der Waals surface area contributed by atoms with E-state index in [1.165, 1.54) is 12.1 Å². The molecule has 0 aliphatic carbocycles. The third-order valence-corrected chi connectivity index (χ3v) is 6.49. The number of anilines is 2. The van der Waals surface area contributed by atoms with Gasteiger partial charge >= 0.3 is 6.03 Å². The van der Waals surface area contributed by atoms with Crippen LogP contribution in [0.2, 0.25) is 0 Å². The Hall–Kier alpha value is -4.02. The van der Waals surface area contributed by atoms with Crippen LogP contribution in [0.4, 0.5) is 20.6 Å². The number of para-hydroxylation sites is 1. The number of carbonyl (C=O) groups excluding carboxylic acids is 2. The minimum absolute atomic E-state index is 0.0731. The number of aliphatic hydroxyl groups is 1. The molecule has 9 nitrogen and oxygen atoms in total. The van der Waals surface area contributed by atoms with Gasteiger partial charge in [0.05, 0.1) is 37.1 Å². The third-order valence-electron chi connectivity index (χ3n) is 6.49. The monoisotopic (exact) mass is 506 g/mol. The number of aliphatic hydroxyl groups excluding tert-OH is 1.